The Morgan fingerprint density at radius 1 is 1.63 bits per heavy atom. The van der Waals surface area contributed by atoms with Gasteiger partial charge >= 0.3 is 5.69 Å². The van der Waals surface area contributed by atoms with Crippen LogP contribution in [-0.4, -0.2) is 22.2 Å². The summed E-state index contributed by atoms with van der Waals surface area (Å²) in [4.78, 5) is 10.6. The molecule has 1 saturated carbocycles. The molecule has 0 spiro atoms. The van der Waals surface area contributed by atoms with Gasteiger partial charge in [-0.25, -0.2) is 0 Å². The molecule has 104 valence electrons. The summed E-state index contributed by atoms with van der Waals surface area (Å²) < 4.78 is 6.39. The average molecular weight is 330 g/mol. The average Bonchev–Trinajstić information content (AvgIpc) is 2.38. The third kappa shape index (κ3) is 2.47. The van der Waals surface area contributed by atoms with Gasteiger partial charge in [-0.1, -0.05) is 29.8 Å². The Balaban J connectivity index is 2.23. The zero-order valence-corrected chi connectivity index (χ0v) is 12.4. The lowest BCUT2D eigenvalue weighted by molar-refractivity contribution is -0.386. The molecule has 5 nitrogen and oxygen atoms in total. The first kappa shape index (κ1) is 14.3. The van der Waals surface area contributed by atoms with Gasteiger partial charge in [-0.15, -0.1) is 0 Å². The summed E-state index contributed by atoms with van der Waals surface area (Å²) in [6, 6.07) is 4.72. The number of nitrogens with zero attached hydrogens (tertiary/aromatic N) is 1. The van der Waals surface area contributed by atoms with Gasteiger partial charge in [0.2, 0.25) is 0 Å². The molecule has 0 amide bonds. The van der Waals surface area contributed by atoms with Crippen molar-refractivity contribution in [3.05, 3.63) is 32.8 Å². The second kappa shape index (κ2) is 5.09. The predicted molar refractivity (Wildman–Crippen MR) is 74.2 cm³/mol. The number of aliphatic hydroxyl groups excluding tert-OH is 1. The minimum absolute atomic E-state index is 0.0609. The number of nitro benzene ring substituents is 1. The standard InChI is InChI=1S/C13H16BrNO4/c1-3-13(2)11(16)7-12(13)19-10-5-4-8(14)6-9(10)15(17)18/h4-6,11-12,16H,3,7H2,1-2H3. The lowest BCUT2D eigenvalue weighted by atomic mass is 9.63. The number of aliphatic hydroxyl groups is 1. The van der Waals surface area contributed by atoms with Gasteiger partial charge in [-0.2, -0.15) is 0 Å². The second-order valence-corrected chi connectivity index (χ2v) is 6.00. The van der Waals surface area contributed by atoms with Crippen molar-refractivity contribution in [1.29, 1.82) is 0 Å². The van der Waals surface area contributed by atoms with E-state index in [1.165, 1.54) is 6.07 Å². The molecule has 1 aliphatic rings. The third-order valence-corrected chi connectivity index (χ3v) is 4.58. The Labute approximate surface area is 119 Å². The third-order valence-electron chi connectivity index (χ3n) is 4.08. The predicted octanol–water partition coefficient (Wildman–Crippen LogP) is 3.29. The molecule has 0 aliphatic heterocycles. The highest BCUT2D eigenvalue weighted by atomic mass is 79.9. The maximum Gasteiger partial charge on any atom is 0.312 e. The fraction of sp³-hybridized carbons (Fsp3) is 0.538. The molecule has 0 saturated heterocycles. The summed E-state index contributed by atoms with van der Waals surface area (Å²) in [5, 5.41) is 20.8. The highest BCUT2D eigenvalue weighted by Gasteiger charge is 2.51. The van der Waals surface area contributed by atoms with Crippen LogP contribution < -0.4 is 4.74 Å². The van der Waals surface area contributed by atoms with Crippen molar-refractivity contribution in [3.63, 3.8) is 0 Å². The van der Waals surface area contributed by atoms with Gasteiger partial charge in [0.25, 0.3) is 0 Å². The smallest absolute Gasteiger partial charge is 0.312 e. The summed E-state index contributed by atoms with van der Waals surface area (Å²) in [7, 11) is 0. The number of nitro groups is 1. The number of hydrogen-bond acceptors (Lipinski definition) is 4. The van der Waals surface area contributed by atoms with Gasteiger partial charge in [0.05, 0.1) is 11.0 Å². The van der Waals surface area contributed by atoms with Crippen LogP contribution in [0.4, 0.5) is 5.69 Å². The van der Waals surface area contributed by atoms with E-state index in [0.717, 1.165) is 6.42 Å². The van der Waals surface area contributed by atoms with E-state index in [1.807, 2.05) is 13.8 Å². The Kier molecular flexibility index (Phi) is 3.82. The highest BCUT2D eigenvalue weighted by molar-refractivity contribution is 9.10. The zero-order valence-electron chi connectivity index (χ0n) is 10.8. The first-order valence-corrected chi connectivity index (χ1v) is 6.96. The quantitative estimate of drug-likeness (QED) is 0.679. The Morgan fingerprint density at radius 2 is 2.32 bits per heavy atom. The molecule has 1 aliphatic carbocycles. The molecule has 1 aromatic carbocycles. The van der Waals surface area contributed by atoms with Crippen molar-refractivity contribution < 1.29 is 14.8 Å². The van der Waals surface area contributed by atoms with E-state index in [4.69, 9.17) is 4.74 Å². The SMILES string of the molecule is CCC1(C)C(O)CC1Oc1ccc(Br)cc1[N+](=O)[O-]. The van der Waals surface area contributed by atoms with Crippen molar-refractivity contribution in [3.8, 4) is 5.75 Å². The molecule has 0 radical (unpaired) electrons. The van der Waals surface area contributed by atoms with Crippen LogP contribution in [0.5, 0.6) is 5.75 Å². The van der Waals surface area contributed by atoms with Crippen molar-refractivity contribution in [2.75, 3.05) is 0 Å². The number of halogens is 1. The van der Waals surface area contributed by atoms with Crippen LogP contribution in [0.3, 0.4) is 0 Å². The molecule has 19 heavy (non-hydrogen) atoms. The van der Waals surface area contributed by atoms with Gasteiger partial charge in [-0.3, -0.25) is 10.1 Å². The van der Waals surface area contributed by atoms with Crippen molar-refractivity contribution in [2.45, 2.75) is 38.9 Å². The fourth-order valence-corrected chi connectivity index (χ4v) is 2.68. The van der Waals surface area contributed by atoms with E-state index in [2.05, 4.69) is 15.9 Å². The summed E-state index contributed by atoms with van der Waals surface area (Å²) >= 11 is 3.21. The number of hydrogen-bond donors (Lipinski definition) is 1. The molecule has 3 unspecified atom stereocenters. The first-order chi connectivity index (χ1) is 8.88. The van der Waals surface area contributed by atoms with E-state index in [0.29, 0.717) is 10.9 Å². The van der Waals surface area contributed by atoms with E-state index in [-0.39, 0.29) is 23.0 Å². The minimum atomic E-state index is -0.460. The van der Waals surface area contributed by atoms with Crippen LogP contribution in [0.2, 0.25) is 0 Å². The van der Waals surface area contributed by atoms with E-state index in [9.17, 15) is 15.2 Å². The molecular weight excluding hydrogens is 314 g/mol. The zero-order chi connectivity index (χ0) is 14.2. The maximum atomic E-state index is 11.0. The fourth-order valence-electron chi connectivity index (χ4n) is 2.33. The van der Waals surface area contributed by atoms with E-state index >= 15 is 0 Å². The van der Waals surface area contributed by atoms with Crippen molar-refractivity contribution >= 4 is 21.6 Å². The normalized spacial score (nSPS) is 29.7. The first-order valence-electron chi connectivity index (χ1n) is 6.17. The number of rotatable bonds is 4. The summed E-state index contributed by atoms with van der Waals surface area (Å²) in [5.41, 5.74) is -0.393. The van der Waals surface area contributed by atoms with Crippen LogP contribution in [0.15, 0.2) is 22.7 Å². The van der Waals surface area contributed by atoms with Crippen LogP contribution in [0, 0.1) is 15.5 Å². The molecule has 6 heteroatoms. The molecule has 1 aromatic rings. The Hall–Kier alpha value is -1.14. The van der Waals surface area contributed by atoms with E-state index < -0.39 is 11.0 Å². The maximum absolute atomic E-state index is 11.0. The van der Waals surface area contributed by atoms with Crippen LogP contribution in [0.1, 0.15) is 26.7 Å². The molecule has 0 aromatic heterocycles. The summed E-state index contributed by atoms with van der Waals surface area (Å²) in [6.07, 6.45) is 0.685. The van der Waals surface area contributed by atoms with Crippen LogP contribution in [0.25, 0.3) is 0 Å². The molecule has 0 bridgehead atoms. The van der Waals surface area contributed by atoms with E-state index in [1.54, 1.807) is 12.1 Å². The van der Waals surface area contributed by atoms with Gasteiger partial charge < -0.3 is 9.84 Å². The van der Waals surface area contributed by atoms with Gasteiger partial charge in [0.1, 0.15) is 6.10 Å². The molecule has 3 atom stereocenters. The lowest BCUT2D eigenvalue weighted by Crippen LogP contribution is -2.57. The lowest BCUT2D eigenvalue weighted by Gasteiger charge is -2.50. The molecule has 0 heterocycles. The topological polar surface area (TPSA) is 72.6 Å². The minimum Gasteiger partial charge on any atom is -0.483 e. The highest BCUT2D eigenvalue weighted by Crippen LogP contribution is 2.47. The number of ether oxygens (including phenoxy) is 1. The van der Waals surface area contributed by atoms with Crippen LogP contribution in [-0.2, 0) is 0 Å². The summed E-state index contributed by atoms with van der Waals surface area (Å²) in [6.45, 7) is 3.92. The molecular formula is C13H16BrNO4. The van der Waals surface area contributed by atoms with Crippen molar-refractivity contribution in [2.24, 2.45) is 5.41 Å². The van der Waals surface area contributed by atoms with Gasteiger partial charge in [-0.05, 0) is 18.6 Å². The molecule has 1 N–H and O–H groups in total. The number of benzene rings is 1. The molecule has 1 fully saturated rings. The van der Waals surface area contributed by atoms with Crippen molar-refractivity contribution in [1.82, 2.24) is 0 Å². The second-order valence-electron chi connectivity index (χ2n) is 5.09. The Morgan fingerprint density at radius 3 is 2.84 bits per heavy atom. The Bertz CT molecular complexity index is 507. The molecule has 2 rings (SSSR count). The summed E-state index contributed by atoms with van der Waals surface area (Å²) in [5.74, 6) is 0.254. The van der Waals surface area contributed by atoms with Gasteiger partial charge in [0, 0.05) is 22.4 Å². The van der Waals surface area contributed by atoms with Crippen LogP contribution >= 0.6 is 15.9 Å². The monoisotopic (exact) mass is 329 g/mol. The largest absolute Gasteiger partial charge is 0.483 e. The van der Waals surface area contributed by atoms with Gasteiger partial charge in [0.15, 0.2) is 5.75 Å².